The molecule has 2 unspecified atom stereocenters. The van der Waals surface area contributed by atoms with Crippen molar-refractivity contribution in [2.24, 2.45) is 11.5 Å². The van der Waals surface area contributed by atoms with Crippen molar-refractivity contribution in [2.45, 2.75) is 58.0 Å². The molecule has 0 heterocycles. The van der Waals surface area contributed by atoms with Gasteiger partial charge in [-0.15, -0.1) is 0 Å². The first-order valence-corrected chi connectivity index (χ1v) is 9.90. The van der Waals surface area contributed by atoms with Crippen LogP contribution < -0.4 is 11.5 Å². The van der Waals surface area contributed by atoms with Crippen molar-refractivity contribution in [3.63, 3.8) is 0 Å². The van der Waals surface area contributed by atoms with Crippen LogP contribution in [0.15, 0.2) is 66.3 Å². The summed E-state index contributed by atoms with van der Waals surface area (Å²) in [5.41, 5.74) is 20.4. The Labute approximate surface area is 164 Å². The molecule has 0 fully saturated rings. The van der Waals surface area contributed by atoms with E-state index in [1.807, 2.05) is 12.2 Å². The Kier molecular flexibility index (Phi) is 5.41. The quantitative estimate of drug-likeness (QED) is 0.746. The maximum absolute atomic E-state index is 7.09. The Bertz CT molecular complexity index is 845. The first-order chi connectivity index (χ1) is 12.8. The molecular formula is C25H32N2. The second-order valence-electron chi connectivity index (χ2n) is 8.33. The van der Waals surface area contributed by atoms with E-state index in [4.69, 9.17) is 11.5 Å². The van der Waals surface area contributed by atoms with E-state index in [-0.39, 0.29) is 6.04 Å². The van der Waals surface area contributed by atoms with Crippen LogP contribution in [0, 0.1) is 0 Å². The van der Waals surface area contributed by atoms with Gasteiger partial charge in [-0.05, 0) is 52.1 Å². The van der Waals surface area contributed by atoms with E-state index in [1.54, 1.807) is 0 Å². The molecule has 4 N–H and O–H groups in total. The zero-order chi connectivity index (χ0) is 19.8. The van der Waals surface area contributed by atoms with Gasteiger partial charge in [0.05, 0.1) is 5.54 Å². The van der Waals surface area contributed by atoms with Crippen molar-refractivity contribution in [3.8, 4) is 11.1 Å². The molecular weight excluding hydrogens is 328 g/mol. The summed E-state index contributed by atoms with van der Waals surface area (Å²) in [7, 11) is 0. The van der Waals surface area contributed by atoms with E-state index < -0.39 is 5.54 Å². The van der Waals surface area contributed by atoms with Gasteiger partial charge in [-0.2, -0.15) is 0 Å². The molecule has 27 heavy (non-hydrogen) atoms. The van der Waals surface area contributed by atoms with Crippen LogP contribution in [0.2, 0.25) is 0 Å². The number of allylic oxidation sites excluding steroid dienone is 2. The molecule has 2 aromatic rings. The van der Waals surface area contributed by atoms with E-state index in [9.17, 15) is 0 Å². The lowest BCUT2D eigenvalue weighted by Gasteiger charge is -2.41. The zero-order valence-corrected chi connectivity index (χ0v) is 17.2. The van der Waals surface area contributed by atoms with Gasteiger partial charge in [0, 0.05) is 6.04 Å². The molecule has 2 nitrogen and oxygen atoms in total. The number of rotatable bonds is 4. The molecule has 0 saturated heterocycles. The van der Waals surface area contributed by atoms with Crippen LogP contribution in [0.3, 0.4) is 0 Å². The molecule has 0 amide bonds. The summed E-state index contributed by atoms with van der Waals surface area (Å²) < 4.78 is 0. The predicted octanol–water partition coefficient (Wildman–Crippen LogP) is 5.60. The van der Waals surface area contributed by atoms with Gasteiger partial charge in [0.15, 0.2) is 0 Å². The maximum Gasteiger partial charge on any atom is 0.0821 e. The van der Waals surface area contributed by atoms with Crippen molar-refractivity contribution in [1.29, 1.82) is 0 Å². The van der Waals surface area contributed by atoms with E-state index >= 15 is 0 Å². The van der Waals surface area contributed by atoms with Gasteiger partial charge >= 0.3 is 0 Å². The fourth-order valence-electron chi connectivity index (χ4n) is 4.11. The van der Waals surface area contributed by atoms with Gasteiger partial charge in [-0.1, -0.05) is 88.4 Å². The summed E-state index contributed by atoms with van der Waals surface area (Å²) in [6.45, 7) is 11.1. The van der Waals surface area contributed by atoms with E-state index in [0.717, 1.165) is 5.57 Å². The fraction of sp³-hybridized carbons (Fsp3) is 0.360. The van der Waals surface area contributed by atoms with Gasteiger partial charge in [0.25, 0.3) is 0 Å². The summed E-state index contributed by atoms with van der Waals surface area (Å²) in [6.07, 6.45) is 6.14. The van der Waals surface area contributed by atoms with Crippen LogP contribution in [0.5, 0.6) is 0 Å². The molecule has 1 aliphatic carbocycles. The van der Waals surface area contributed by atoms with Crippen molar-refractivity contribution in [1.82, 2.24) is 0 Å². The van der Waals surface area contributed by atoms with Gasteiger partial charge in [-0.25, -0.2) is 0 Å². The van der Waals surface area contributed by atoms with Crippen molar-refractivity contribution in [2.75, 3.05) is 0 Å². The summed E-state index contributed by atoms with van der Waals surface area (Å²) in [5.74, 6) is 0.708. The monoisotopic (exact) mass is 360 g/mol. The predicted molar refractivity (Wildman–Crippen MR) is 117 cm³/mol. The SMILES string of the molecule is CC1=CC=CC(N)C1(N)c1c(C(C)C)cc(-c2ccccc2)cc1C(C)C. The molecule has 0 aliphatic heterocycles. The van der Waals surface area contributed by atoms with Gasteiger partial charge in [-0.3, -0.25) is 0 Å². The molecule has 0 radical (unpaired) electrons. The average Bonchev–Trinajstić information content (AvgIpc) is 2.65. The van der Waals surface area contributed by atoms with Crippen LogP contribution in [0.1, 0.15) is 63.1 Å². The Morgan fingerprint density at radius 1 is 0.889 bits per heavy atom. The summed E-state index contributed by atoms with van der Waals surface area (Å²) in [5, 5.41) is 0. The second-order valence-corrected chi connectivity index (χ2v) is 8.33. The van der Waals surface area contributed by atoms with E-state index in [0.29, 0.717) is 11.8 Å². The molecule has 1 aliphatic rings. The third-order valence-corrected chi connectivity index (χ3v) is 5.81. The average molecular weight is 361 g/mol. The molecule has 0 saturated carbocycles. The van der Waals surface area contributed by atoms with Crippen LogP contribution in [0.25, 0.3) is 11.1 Å². The van der Waals surface area contributed by atoms with Gasteiger partial charge < -0.3 is 11.5 Å². The van der Waals surface area contributed by atoms with Crippen LogP contribution in [-0.4, -0.2) is 6.04 Å². The molecule has 142 valence electrons. The van der Waals surface area contributed by atoms with E-state index in [1.165, 1.54) is 27.8 Å². The Morgan fingerprint density at radius 3 is 1.93 bits per heavy atom. The van der Waals surface area contributed by atoms with Crippen LogP contribution >= 0.6 is 0 Å². The molecule has 0 aromatic heterocycles. The lowest BCUT2D eigenvalue weighted by molar-refractivity contribution is 0.450. The smallest absolute Gasteiger partial charge is 0.0821 e. The van der Waals surface area contributed by atoms with Crippen molar-refractivity contribution < 1.29 is 0 Å². The summed E-state index contributed by atoms with van der Waals surface area (Å²) in [4.78, 5) is 0. The van der Waals surface area contributed by atoms with Crippen molar-refractivity contribution in [3.05, 3.63) is 83.0 Å². The summed E-state index contributed by atoms with van der Waals surface area (Å²) in [6, 6.07) is 15.0. The summed E-state index contributed by atoms with van der Waals surface area (Å²) >= 11 is 0. The number of nitrogens with two attached hydrogens (primary N) is 2. The second kappa shape index (κ2) is 7.46. The largest absolute Gasteiger partial charge is 0.322 e. The minimum absolute atomic E-state index is 0.236. The zero-order valence-electron chi connectivity index (χ0n) is 17.2. The first-order valence-electron chi connectivity index (χ1n) is 9.90. The number of hydrogen-bond acceptors (Lipinski definition) is 2. The Hall–Kier alpha value is -2.16. The molecule has 3 rings (SSSR count). The molecule has 2 aromatic carbocycles. The Morgan fingerprint density at radius 2 is 1.44 bits per heavy atom. The number of hydrogen-bond donors (Lipinski definition) is 2. The first kappa shape index (κ1) is 19.6. The lowest BCUT2D eigenvalue weighted by Crippen LogP contribution is -2.54. The topological polar surface area (TPSA) is 52.0 Å². The highest BCUT2D eigenvalue weighted by molar-refractivity contribution is 5.68. The van der Waals surface area contributed by atoms with E-state index in [2.05, 4.69) is 83.2 Å². The van der Waals surface area contributed by atoms with Gasteiger partial charge in [0.1, 0.15) is 0 Å². The third kappa shape index (κ3) is 3.40. The molecule has 2 atom stereocenters. The molecule has 0 bridgehead atoms. The van der Waals surface area contributed by atoms with Gasteiger partial charge in [0.2, 0.25) is 0 Å². The normalized spacial score (nSPS) is 22.4. The fourth-order valence-corrected chi connectivity index (χ4v) is 4.11. The highest BCUT2D eigenvalue weighted by atomic mass is 14.9. The highest BCUT2D eigenvalue weighted by Gasteiger charge is 2.40. The third-order valence-electron chi connectivity index (χ3n) is 5.81. The minimum Gasteiger partial charge on any atom is -0.322 e. The van der Waals surface area contributed by atoms with Crippen molar-refractivity contribution >= 4 is 0 Å². The highest BCUT2D eigenvalue weighted by Crippen LogP contribution is 2.43. The standard InChI is InChI=1S/C25H32N2/c1-16(2)21-14-20(19-11-7-6-8-12-19)15-22(17(3)4)24(21)25(27)18(5)10-9-13-23(25)26/h6-17,23H,26-27H2,1-5H3. The van der Waals surface area contributed by atoms with Crippen LogP contribution in [0.4, 0.5) is 0 Å². The molecule has 2 heteroatoms. The molecule has 0 spiro atoms. The lowest BCUT2D eigenvalue weighted by atomic mass is 9.69. The minimum atomic E-state index is -0.677. The van der Waals surface area contributed by atoms with Crippen LogP contribution in [-0.2, 0) is 5.54 Å². The number of benzene rings is 2. The Balaban J connectivity index is 2.34. The maximum atomic E-state index is 7.09.